The second-order valence-corrected chi connectivity index (χ2v) is 10.3. The van der Waals surface area contributed by atoms with E-state index in [-0.39, 0.29) is 0 Å². The summed E-state index contributed by atoms with van der Waals surface area (Å²) in [5.41, 5.74) is 9.22. The van der Waals surface area contributed by atoms with Crippen molar-refractivity contribution in [2.45, 2.75) is 0 Å². The van der Waals surface area contributed by atoms with Crippen molar-refractivity contribution in [3.05, 3.63) is 127 Å². The fraction of sp³-hybridized carbons (Fsp3) is 0. The molecule has 186 valence electrons. The molecule has 8 aromatic rings. The quantitative estimate of drug-likeness (QED) is 0.217. The molecule has 9 rings (SSSR count). The van der Waals surface area contributed by atoms with Crippen LogP contribution in [0.4, 0.5) is 0 Å². The zero-order valence-electron chi connectivity index (χ0n) is 21.4. The molecule has 3 heteroatoms. The van der Waals surface area contributed by atoms with Crippen LogP contribution in [0.1, 0.15) is 0 Å². The molecule has 40 heavy (non-hydrogen) atoms. The minimum atomic E-state index is 0.843. The first-order valence-electron chi connectivity index (χ1n) is 13.5. The van der Waals surface area contributed by atoms with Crippen molar-refractivity contribution in [3.8, 4) is 45.0 Å². The van der Waals surface area contributed by atoms with E-state index in [9.17, 15) is 0 Å². The first-order valence-corrected chi connectivity index (χ1v) is 13.5. The number of furan rings is 1. The van der Waals surface area contributed by atoms with E-state index >= 15 is 0 Å². The van der Waals surface area contributed by atoms with Gasteiger partial charge in [-0.15, -0.1) is 0 Å². The average Bonchev–Trinajstić information content (AvgIpc) is 3.39. The van der Waals surface area contributed by atoms with Crippen molar-refractivity contribution in [3.63, 3.8) is 0 Å². The van der Waals surface area contributed by atoms with E-state index in [1.54, 1.807) is 0 Å². The number of hydrogen-bond donors (Lipinski definition) is 0. The predicted octanol–water partition coefficient (Wildman–Crippen LogP) is 10.4. The van der Waals surface area contributed by atoms with Crippen molar-refractivity contribution in [2.24, 2.45) is 0 Å². The van der Waals surface area contributed by atoms with Crippen LogP contribution < -0.4 is 4.74 Å². The van der Waals surface area contributed by atoms with Gasteiger partial charge in [-0.05, 0) is 58.5 Å². The zero-order chi connectivity index (χ0) is 26.2. The fourth-order valence-electron chi connectivity index (χ4n) is 6.18. The van der Waals surface area contributed by atoms with Crippen molar-refractivity contribution in [2.75, 3.05) is 0 Å². The molecule has 0 fully saturated rings. The van der Waals surface area contributed by atoms with Crippen LogP contribution in [0, 0.1) is 0 Å². The number of pyridine rings is 1. The Kier molecular flexibility index (Phi) is 4.33. The molecule has 0 N–H and O–H groups in total. The number of ether oxygens (including phenoxy) is 1. The third kappa shape index (κ3) is 3.03. The molecule has 0 radical (unpaired) electrons. The number of benzene rings is 6. The van der Waals surface area contributed by atoms with Gasteiger partial charge in [0, 0.05) is 27.3 Å². The minimum absolute atomic E-state index is 0.843. The lowest BCUT2D eigenvalue weighted by Crippen LogP contribution is -1.99. The summed E-state index contributed by atoms with van der Waals surface area (Å²) >= 11 is 0. The Balaban J connectivity index is 1.23. The number of para-hydroxylation sites is 2. The Bertz CT molecular complexity index is 2300. The van der Waals surface area contributed by atoms with Crippen LogP contribution in [0.3, 0.4) is 0 Å². The molecular weight excluding hydrogens is 490 g/mol. The lowest BCUT2D eigenvalue weighted by molar-refractivity contribution is 0.486. The molecule has 0 spiro atoms. The minimum Gasteiger partial charge on any atom is -0.456 e. The highest BCUT2D eigenvalue weighted by Gasteiger charge is 2.22. The van der Waals surface area contributed by atoms with Crippen LogP contribution in [0.25, 0.3) is 77.1 Å². The van der Waals surface area contributed by atoms with Crippen LogP contribution in [-0.4, -0.2) is 4.98 Å². The lowest BCUT2D eigenvalue weighted by atomic mass is 9.95. The largest absolute Gasteiger partial charge is 0.456 e. The molecule has 0 amide bonds. The van der Waals surface area contributed by atoms with Gasteiger partial charge >= 0.3 is 0 Å². The molecule has 1 aliphatic rings. The smallest absolute Gasteiger partial charge is 0.143 e. The summed E-state index contributed by atoms with van der Waals surface area (Å²) in [5.74, 6) is 1.70. The van der Waals surface area contributed by atoms with Gasteiger partial charge in [0.05, 0.1) is 16.6 Å². The molecular formula is C37H21NO2. The first kappa shape index (κ1) is 21.5. The summed E-state index contributed by atoms with van der Waals surface area (Å²) in [5, 5.41) is 5.59. The molecule has 0 aliphatic carbocycles. The standard InChI is InChI=1S/C37H21NO2/c1-2-8-22(9-3-1)25-11-6-13-29-27-19-17-24(21-34(27)40-37(25)29)23-16-18-26-28-12-7-15-33-35(28)36(38-31(26)20-23)30-10-4-5-14-32(30)39-33/h1-21H. The van der Waals surface area contributed by atoms with Gasteiger partial charge in [0.15, 0.2) is 0 Å². The molecule has 3 heterocycles. The molecule has 0 saturated carbocycles. The number of nitrogens with zero attached hydrogens (tertiary/aromatic N) is 1. The summed E-state index contributed by atoms with van der Waals surface area (Å²) < 4.78 is 12.8. The van der Waals surface area contributed by atoms with Gasteiger partial charge in [-0.25, -0.2) is 4.98 Å². The first-order chi connectivity index (χ1) is 19.8. The van der Waals surface area contributed by atoms with E-state index in [4.69, 9.17) is 14.1 Å². The zero-order valence-corrected chi connectivity index (χ0v) is 21.4. The highest BCUT2D eigenvalue weighted by molar-refractivity contribution is 6.15. The van der Waals surface area contributed by atoms with E-state index in [0.29, 0.717) is 0 Å². The van der Waals surface area contributed by atoms with E-state index in [1.807, 2.05) is 30.3 Å². The summed E-state index contributed by atoms with van der Waals surface area (Å²) in [6.45, 7) is 0. The lowest BCUT2D eigenvalue weighted by Gasteiger charge is -2.21. The molecule has 1 aliphatic heterocycles. The molecule has 0 unspecified atom stereocenters. The Morgan fingerprint density at radius 3 is 2.12 bits per heavy atom. The number of rotatable bonds is 2. The van der Waals surface area contributed by atoms with E-state index in [1.165, 1.54) is 0 Å². The average molecular weight is 512 g/mol. The maximum absolute atomic E-state index is 6.51. The van der Waals surface area contributed by atoms with Crippen molar-refractivity contribution in [1.82, 2.24) is 4.98 Å². The third-order valence-corrected chi connectivity index (χ3v) is 8.06. The molecule has 0 bridgehead atoms. The number of hydrogen-bond acceptors (Lipinski definition) is 3. The third-order valence-electron chi connectivity index (χ3n) is 8.06. The maximum atomic E-state index is 6.51. The molecule has 0 saturated heterocycles. The highest BCUT2D eigenvalue weighted by atomic mass is 16.5. The van der Waals surface area contributed by atoms with Crippen molar-refractivity contribution >= 4 is 43.6 Å². The normalized spacial score (nSPS) is 12.2. The van der Waals surface area contributed by atoms with Gasteiger partial charge in [-0.3, -0.25) is 0 Å². The Morgan fingerprint density at radius 1 is 0.475 bits per heavy atom. The molecule has 6 aromatic carbocycles. The van der Waals surface area contributed by atoms with E-state index in [2.05, 4.69) is 97.1 Å². The highest BCUT2D eigenvalue weighted by Crippen LogP contribution is 2.47. The van der Waals surface area contributed by atoms with Crippen LogP contribution in [-0.2, 0) is 0 Å². The molecule has 3 nitrogen and oxygen atoms in total. The van der Waals surface area contributed by atoms with E-state index in [0.717, 1.165) is 88.6 Å². The maximum Gasteiger partial charge on any atom is 0.143 e. The van der Waals surface area contributed by atoms with Gasteiger partial charge < -0.3 is 9.15 Å². The van der Waals surface area contributed by atoms with Gasteiger partial charge in [0.25, 0.3) is 0 Å². The Morgan fingerprint density at radius 2 is 1.20 bits per heavy atom. The van der Waals surface area contributed by atoms with E-state index < -0.39 is 0 Å². The summed E-state index contributed by atoms with van der Waals surface area (Å²) in [6.07, 6.45) is 0. The van der Waals surface area contributed by atoms with Crippen LogP contribution in [0.15, 0.2) is 132 Å². The predicted molar refractivity (Wildman–Crippen MR) is 163 cm³/mol. The monoisotopic (exact) mass is 511 g/mol. The van der Waals surface area contributed by atoms with Crippen LogP contribution >= 0.6 is 0 Å². The summed E-state index contributed by atoms with van der Waals surface area (Å²) in [6, 6.07) is 44.2. The fourth-order valence-corrected chi connectivity index (χ4v) is 6.18. The Hall–Kier alpha value is -5.41. The number of fused-ring (bicyclic) bond motifs is 7. The van der Waals surface area contributed by atoms with Gasteiger partial charge in [0.1, 0.15) is 22.7 Å². The second-order valence-electron chi connectivity index (χ2n) is 10.3. The number of aromatic nitrogens is 1. The summed E-state index contributed by atoms with van der Waals surface area (Å²) in [7, 11) is 0. The SMILES string of the molecule is c1ccc(-c2cccc3c2oc2cc(-c4ccc5c(c4)nc4c6c(cccc65)Oc5ccccc5-4)ccc23)cc1. The van der Waals surface area contributed by atoms with Crippen LogP contribution in [0.5, 0.6) is 11.5 Å². The van der Waals surface area contributed by atoms with Gasteiger partial charge in [-0.2, -0.15) is 0 Å². The summed E-state index contributed by atoms with van der Waals surface area (Å²) in [4.78, 5) is 5.20. The topological polar surface area (TPSA) is 35.3 Å². The second kappa shape index (κ2) is 8.05. The van der Waals surface area contributed by atoms with Gasteiger partial charge in [-0.1, -0.05) is 91.0 Å². The molecule has 0 atom stereocenters. The van der Waals surface area contributed by atoms with Crippen molar-refractivity contribution < 1.29 is 9.15 Å². The Labute approximate surface area is 229 Å². The van der Waals surface area contributed by atoms with Crippen LogP contribution in [0.2, 0.25) is 0 Å². The molecule has 2 aromatic heterocycles. The van der Waals surface area contributed by atoms with Crippen molar-refractivity contribution in [1.29, 1.82) is 0 Å². The van der Waals surface area contributed by atoms with Gasteiger partial charge in [0.2, 0.25) is 0 Å².